The van der Waals surface area contributed by atoms with Crippen LogP contribution in [0.15, 0.2) is 29.3 Å². The fraction of sp³-hybridized carbons (Fsp3) is 0.333. The number of hydrogen-bond donors (Lipinski definition) is 0. The second-order valence-electron chi connectivity index (χ2n) is 5.22. The highest BCUT2D eigenvalue weighted by molar-refractivity contribution is 5.80. The SMILES string of the molecule is Cn1c(N2CCC(=O)CC2)nc(-c2ccncc2F)cc1=O. The van der Waals surface area contributed by atoms with E-state index in [0.29, 0.717) is 31.9 Å². The molecule has 6 nitrogen and oxygen atoms in total. The summed E-state index contributed by atoms with van der Waals surface area (Å²) in [5, 5.41) is 0. The number of carbonyl (C=O) groups excluding carboxylic acids is 1. The molecule has 1 aliphatic heterocycles. The first kappa shape index (κ1) is 14.4. The lowest BCUT2D eigenvalue weighted by molar-refractivity contribution is -0.119. The molecule has 0 radical (unpaired) electrons. The van der Waals surface area contributed by atoms with Crippen molar-refractivity contribution in [3.05, 3.63) is 40.7 Å². The van der Waals surface area contributed by atoms with Crippen LogP contribution < -0.4 is 10.5 Å². The van der Waals surface area contributed by atoms with Crippen molar-refractivity contribution in [2.75, 3.05) is 18.0 Å². The third-order valence-corrected chi connectivity index (χ3v) is 3.76. The van der Waals surface area contributed by atoms with Crippen LogP contribution in [-0.2, 0) is 11.8 Å². The van der Waals surface area contributed by atoms with E-state index in [1.165, 1.54) is 22.9 Å². The van der Waals surface area contributed by atoms with E-state index in [1.54, 1.807) is 7.05 Å². The normalized spacial score (nSPS) is 15.2. The zero-order chi connectivity index (χ0) is 15.7. The molecule has 0 N–H and O–H groups in total. The fourth-order valence-electron chi connectivity index (χ4n) is 2.49. The number of carbonyl (C=O) groups is 1. The van der Waals surface area contributed by atoms with Crippen LogP contribution in [0.1, 0.15) is 12.8 Å². The summed E-state index contributed by atoms with van der Waals surface area (Å²) in [5.74, 6) is 0.131. The molecule has 0 saturated carbocycles. The van der Waals surface area contributed by atoms with Gasteiger partial charge in [-0.2, -0.15) is 0 Å². The van der Waals surface area contributed by atoms with Crippen LogP contribution in [0.5, 0.6) is 0 Å². The molecular formula is C15H15FN4O2. The molecular weight excluding hydrogens is 287 g/mol. The second-order valence-corrected chi connectivity index (χ2v) is 5.22. The molecule has 7 heteroatoms. The van der Waals surface area contributed by atoms with Crippen LogP contribution in [0.2, 0.25) is 0 Å². The summed E-state index contributed by atoms with van der Waals surface area (Å²) in [7, 11) is 1.62. The summed E-state index contributed by atoms with van der Waals surface area (Å²) in [4.78, 5) is 33.5. The van der Waals surface area contributed by atoms with E-state index >= 15 is 0 Å². The molecule has 114 valence electrons. The van der Waals surface area contributed by atoms with Gasteiger partial charge in [-0.05, 0) is 6.07 Å². The standard InChI is InChI=1S/C15H15FN4O2/c1-19-14(22)8-13(11-2-5-17-9-12(11)16)18-15(19)20-6-3-10(21)4-7-20/h2,5,8-9H,3-4,6-7H2,1H3. The Morgan fingerprint density at radius 2 is 1.95 bits per heavy atom. The Balaban J connectivity index is 2.06. The van der Waals surface area contributed by atoms with Crippen LogP contribution >= 0.6 is 0 Å². The Morgan fingerprint density at radius 1 is 1.23 bits per heavy atom. The Kier molecular flexibility index (Phi) is 3.70. The lowest BCUT2D eigenvalue weighted by Crippen LogP contribution is -2.38. The third kappa shape index (κ3) is 2.61. The van der Waals surface area contributed by atoms with Crippen molar-refractivity contribution in [1.29, 1.82) is 0 Å². The molecule has 0 atom stereocenters. The Bertz CT molecular complexity index is 777. The molecule has 1 aliphatic rings. The van der Waals surface area contributed by atoms with Gasteiger partial charge in [0.05, 0.1) is 11.9 Å². The van der Waals surface area contributed by atoms with Crippen molar-refractivity contribution in [1.82, 2.24) is 14.5 Å². The third-order valence-electron chi connectivity index (χ3n) is 3.76. The number of aromatic nitrogens is 3. The Labute approximate surface area is 126 Å². The molecule has 0 spiro atoms. The zero-order valence-electron chi connectivity index (χ0n) is 12.1. The van der Waals surface area contributed by atoms with E-state index in [4.69, 9.17) is 0 Å². The predicted molar refractivity (Wildman–Crippen MR) is 79.1 cm³/mol. The summed E-state index contributed by atoms with van der Waals surface area (Å²) in [5.41, 5.74) is 0.241. The molecule has 0 aliphatic carbocycles. The van der Waals surface area contributed by atoms with Gasteiger partial charge in [0, 0.05) is 50.8 Å². The largest absolute Gasteiger partial charge is 0.341 e. The average molecular weight is 302 g/mol. The van der Waals surface area contributed by atoms with Gasteiger partial charge >= 0.3 is 0 Å². The maximum atomic E-state index is 13.9. The van der Waals surface area contributed by atoms with Crippen LogP contribution in [0.3, 0.4) is 0 Å². The molecule has 22 heavy (non-hydrogen) atoms. The summed E-state index contributed by atoms with van der Waals surface area (Å²) < 4.78 is 15.3. The van der Waals surface area contributed by atoms with Crippen molar-refractivity contribution < 1.29 is 9.18 Å². The van der Waals surface area contributed by atoms with E-state index in [-0.39, 0.29) is 22.6 Å². The quantitative estimate of drug-likeness (QED) is 0.832. The first-order valence-electron chi connectivity index (χ1n) is 7.01. The monoisotopic (exact) mass is 302 g/mol. The molecule has 3 rings (SSSR count). The van der Waals surface area contributed by atoms with Crippen molar-refractivity contribution in [3.8, 4) is 11.3 Å². The average Bonchev–Trinajstić information content (AvgIpc) is 2.51. The van der Waals surface area contributed by atoms with E-state index in [0.717, 1.165) is 6.20 Å². The minimum Gasteiger partial charge on any atom is -0.341 e. The summed E-state index contributed by atoms with van der Waals surface area (Å²) >= 11 is 0. The van der Waals surface area contributed by atoms with Crippen molar-refractivity contribution in [3.63, 3.8) is 0 Å². The van der Waals surface area contributed by atoms with Crippen molar-refractivity contribution in [2.24, 2.45) is 7.05 Å². The maximum absolute atomic E-state index is 13.9. The first-order valence-corrected chi connectivity index (χ1v) is 7.01. The fourth-order valence-corrected chi connectivity index (χ4v) is 2.49. The highest BCUT2D eigenvalue weighted by atomic mass is 19.1. The van der Waals surface area contributed by atoms with Crippen LogP contribution in [-0.4, -0.2) is 33.4 Å². The molecule has 2 aromatic rings. The number of rotatable bonds is 2. The molecule has 1 fully saturated rings. The van der Waals surface area contributed by atoms with Gasteiger partial charge in [0.2, 0.25) is 5.95 Å². The highest BCUT2D eigenvalue weighted by Gasteiger charge is 2.21. The molecule has 0 aromatic carbocycles. The topological polar surface area (TPSA) is 68.1 Å². The van der Waals surface area contributed by atoms with Gasteiger partial charge in [-0.15, -0.1) is 0 Å². The lowest BCUT2D eigenvalue weighted by atomic mass is 10.1. The van der Waals surface area contributed by atoms with Gasteiger partial charge in [-0.25, -0.2) is 9.37 Å². The molecule has 0 amide bonds. The van der Waals surface area contributed by atoms with E-state index in [9.17, 15) is 14.0 Å². The van der Waals surface area contributed by atoms with Crippen LogP contribution in [0.4, 0.5) is 10.3 Å². The number of halogens is 1. The molecule has 0 bridgehead atoms. The van der Waals surface area contributed by atoms with Crippen molar-refractivity contribution >= 4 is 11.7 Å². The number of ketones is 1. The number of nitrogens with zero attached hydrogens (tertiary/aromatic N) is 4. The number of piperidine rings is 1. The second kappa shape index (κ2) is 5.67. The molecule has 1 saturated heterocycles. The summed E-state index contributed by atoms with van der Waals surface area (Å²) in [6.07, 6.45) is 3.41. The van der Waals surface area contributed by atoms with Crippen LogP contribution in [0, 0.1) is 5.82 Å². The summed E-state index contributed by atoms with van der Waals surface area (Å²) in [6.45, 7) is 1.03. The van der Waals surface area contributed by atoms with E-state index in [2.05, 4.69) is 9.97 Å². The summed E-state index contributed by atoms with van der Waals surface area (Å²) in [6, 6.07) is 2.79. The van der Waals surface area contributed by atoms with Gasteiger partial charge in [0.1, 0.15) is 5.78 Å². The smallest absolute Gasteiger partial charge is 0.255 e. The molecule has 0 unspecified atom stereocenters. The first-order chi connectivity index (χ1) is 10.6. The van der Waals surface area contributed by atoms with Gasteiger partial charge < -0.3 is 4.90 Å². The Morgan fingerprint density at radius 3 is 2.64 bits per heavy atom. The molecule has 3 heterocycles. The maximum Gasteiger partial charge on any atom is 0.255 e. The minimum absolute atomic E-state index is 0.206. The predicted octanol–water partition coefficient (Wildman–Crippen LogP) is 1.15. The van der Waals surface area contributed by atoms with Gasteiger partial charge in [0.25, 0.3) is 5.56 Å². The van der Waals surface area contributed by atoms with Gasteiger partial charge in [0.15, 0.2) is 5.82 Å². The van der Waals surface area contributed by atoms with Gasteiger partial charge in [-0.3, -0.25) is 19.1 Å². The number of anilines is 1. The van der Waals surface area contributed by atoms with Crippen molar-refractivity contribution in [2.45, 2.75) is 12.8 Å². The number of pyridine rings is 1. The number of hydrogen-bond acceptors (Lipinski definition) is 5. The lowest BCUT2D eigenvalue weighted by Gasteiger charge is -2.28. The van der Waals surface area contributed by atoms with Gasteiger partial charge in [-0.1, -0.05) is 0 Å². The highest BCUT2D eigenvalue weighted by Crippen LogP contribution is 2.22. The van der Waals surface area contributed by atoms with E-state index in [1.807, 2.05) is 4.90 Å². The van der Waals surface area contributed by atoms with Crippen LogP contribution in [0.25, 0.3) is 11.3 Å². The Hall–Kier alpha value is -2.57. The zero-order valence-corrected chi connectivity index (χ0v) is 12.1. The van der Waals surface area contributed by atoms with E-state index < -0.39 is 5.82 Å². The molecule has 2 aromatic heterocycles. The minimum atomic E-state index is -0.525. The number of Topliss-reactive ketones (excluding diaryl/α,β-unsaturated/α-hetero) is 1.